The van der Waals surface area contributed by atoms with Crippen LogP contribution in [0.2, 0.25) is 0 Å². The number of carboxylic acid groups (broad SMARTS) is 1. The summed E-state index contributed by atoms with van der Waals surface area (Å²) in [5.41, 5.74) is 0.854. The molecule has 1 aromatic heterocycles. The first-order valence-corrected chi connectivity index (χ1v) is 9.33. The van der Waals surface area contributed by atoms with Gasteiger partial charge in [-0.25, -0.2) is 9.59 Å². The number of amides is 1. The van der Waals surface area contributed by atoms with Crippen molar-refractivity contribution in [2.75, 3.05) is 13.9 Å². The number of methoxy groups -OCH3 is 1. The molecule has 0 saturated heterocycles. The highest BCUT2D eigenvalue weighted by atomic mass is 16.7. The third-order valence-electron chi connectivity index (χ3n) is 3.93. The number of hydrogen-bond acceptors (Lipinski definition) is 6. The van der Waals surface area contributed by atoms with Crippen LogP contribution < -0.4 is 5.32 Å². The average Bonchev–Trinajstić information content (AvgIpc) is 3.10. The second-order valence-corrected chi connectivity index (χ2v) is 7.56. The van der Waals surface area contributed by atoms with E-state index in [9.17, 15) is 14.7 Å². The highest BCUT2D eigenvalue weighted by Crippen LogP contribution is 2.30. The predicted molar refractivity (Wildman–Crippen MR) is 109 cm³/mol. The molecule has 0 aliphatic rings. The third kappa shape index (κ3) is 7.06. The van der Waals surface area contributed by atoms with Gasteiger partial charge in [-0.1, -0.05) is 51.1 Å². The summed E-state index contributed by atoms with van der Waals surface area (Å²) in [5.74, 6) is -0.393. The topological polar surface area (TPSA) is 107 Å². The molecule has 1 amide bonds. The minimum Gasteiger partial charge on any atom is -0.477 e. The molecule has 0 aliphatic heterocycles. The zero-order valence-electron chi connectivity index (χ0n) is 17.6. The van der Waals surface area contributed by atoms with Crippen LogP contribution in [0, 0.1) is 0 Å². The minimum atomic E-state index is -1.32. The van der Waals surface area contributed by atoms with Gasteiger partial charge in [0.25, 0.3) is 0 Å². The fourth-order valence-electron chi connectivity index (χ4n) is 2.66. The molecule has 2 N–H and O–H groups in total. The van der Waals surface area contributed by atoms with Gasteiger partial charge in [0.1, 0.15) is 30.6 Å². The molecule has 8 nitrogen and oxygen atoms in total. The maximum Gasteiger partial charge on any atom is 0.412 e. The standard InChI is InChI=1S/C22H27NO7/c1-22(2,3)19-16(13-28-14-27-4)10-17(30-19)11-18(20(24)25)23-21(26)29-12-15-8-6-5-7-9-15/h5-11H,12-14H2,1-4H3,(H,23,26)(H,24,25). The number of ether oxygens (including phenoxy) is 3. The summed E-state index contributed by atoms with van der Waals surface area (Å²) in [5, 5.41) is 11.7. The van der Waals surface area contributed by atoms with Crippen molar-refractivity contribution >= 4 is 18.1 Å². The zero-order valence-corrected chi connectivity index (χ0v) is 17.6. The second kappa shape index (κ2) is 10.6. The first kappa shape index (κ1) is 23.2. The molecule has 1 aromatic carbocycles. The number of carbonyl (C=O) groups excluding carboxylic acids is 1. The van der Waals surface area contributed by atoms with Gasteiger partial charge in [0.15, 0.2) is 0 Å². The van der Waals surface area contributed by atoms with E-state index in [0.29, 0.717) is 5.76 Å². The molecule has 2 rings (SSSR count). The van der Waals surface area contributed by atoms with Crippen molar-refractivity contribution in [2.45, 2.75) is 39.4 Å². The van der Waals surface area contributed by atoms with Crippen LogP contribution >= 0.6 is 0 Å². The van der Waals surface area contributed by atoms with Crippen molar-refractivity contribution < 1.29 is 33.3 Å². The van der Waals surface area contributed by atoms with Crippen LogP contribution in [0.4, 0.5) is 4.79 Å². The number of alkyl carbamates (subject to hydrolysis) is 1. The van der Waals surface area contributed by atoms with Crippen molar-refractivity contribution in [3.63, 3.8) is 0 Å². The van der Waals surface area contributed by atoms with E-state index in [2.05, 4.69) is 5.32 Å². The van der Waals surface area contributed by atoms with Crippen molar-refractivity contribution in [3.8, 4) is 0 Å². The Balaban J connectivity index is 2.15. The molecular weight excluding hydrogens is 390 g/mol. The number of carbonyl (C=O) groups is 2. The molecule has 0 atom stereocenters. The number of nitrogens with one attached hydrogen (secondary N) is 1. The Morgan fingerprint density at radius 2 is 1.87 bits per heavy atom. The summed E-state index contributed by atoms with van der Waals surface area (Å²) in [7, 11) is 1.52. The van der Waals surface area contributed by atoms with Crippen molar-refractivity contribution in [3.05, 3.63) is 64.7 Å². The zero-order chi connectivity index (χ0) is 22.1. The fraction of sp³-hybridized carbons (Fsp3) is 0.364. The summed E-state index contributed by atoms with van der Waals surface area (Å²) < 4.78 is 21.2. The van der Waals surface area contributed by atoms with Gasteiger partial charge in [-0.15, -0.1) is 0 Å². The number of aliphatic carboxylic acids is 1. The molecule has 1 heterocycles. The van der Waals surface area contributed by atoms with Gasteiger partial charge in [0.05, 0.1) is 6.61 Å². The summed E-state index contributed by atoms with van der Waals surface area (Å²) in [6.45, 7) is 6.29. The van der Waals surface area contributed by atoms with Crippen LogP contribution in [-0.2, 0) is 37.6 Å². The average molecular weight is 417 g/mol. The molecule has 30 heavy (non-hydrogen) atoms. The quantitative estimate of drug-likeness (QED) is 0.360. The first-order valence-electron chi connectivity index (χ1n) is 9.33. The second-order valence-electron chi connectivity index (χ2n) is 7.56. The molecule has 0 unspecified atom stereocenters. The number of furan rings is 1. The van der Waals surface area contributed by atoms with E-state index in [0.717, 1.165) is 11.1 Å². The molecule has 0 saturated carbocycles. The minimum absolute atomic E-state index is 0.0233. The lowest BCUT2D eigenvalue weighted by Gasteiger charge is -2.17. The van der Waals surface area contributed by atoms with Gasteiger partial charge in [-0.2, -0.15) is 0 Å². The molecule has 0 fully saturated rings. The Morgan fingerprint density at radius 3 is 2.47 bits per heavy atom. The SMILES string of the molecule is COCOCc1cc(C=C(NC(=O)OCc2ccccc2)C(=O)O)oc1C(C)(C)C. The Hall–Kier alpha value is -3.10. The van der Waals surface area contributed by atoms with Crippen LogP contribution in [0.5, 0.6) is 0 Å². The Kier molecular flexibility index (Phi) is 8.20. The van der Waals surface area contributed by atoms with E-state index < -0.39 is 12.1 Å². The predicted octanol–water partition coefficient (Wildman–Crippen LogP) is 4.05. The van der Waals surface area contributed by atoms with Crippen LogP contribution in [-0.4, -0.2) is 31.1 Å². The Bertz CT molecular complexity index is 879. The van der Waals surface area contributed by atoms with E-state index in [1.807, 2.05) is 39.0 Å². The van der Waals surface area contributed by atoms with E-state index in [1.54, 1.807) is 18.2 Å². The number of hydrogen-bond donors (Lipinski definition) is 2. The summed E-state index contributed by atoms with van der Waals surface area (Å²) in [6, 6.07) is 10.7. The molecule has 8 heteroatoms. The first-order chi connectivity index (χ1) is 14.2. The van der Waals surface area contributed by atoms with Crippen molar-refractivity contribution in [2.24, 2.45) is 0 Å². The van der Waals surface area contributed by atoms with Gasteiger partial charge in [-0.3, -0.25) is 5.32 Å². The molecule has 0 bridgehead atoms. The van der Waals surface area contributed by atoms with Gasteiger partial charge < -0.3 is 23.7 Å². The maximum atomic E-state index is 12.0. The molecule has 0 aliphatic carbocycles. The lowest BCUT2D eigenvalue weighted by molar-refractivity contribution is -0.132. The van der Waals surface area contributed by atoms with E-state index in [-0.39, 0.29) is 36.9 Å². The van der Waals surface area contributed by atoms with Crippen molar-refractivity contribution in [1.82, 2.24) is 5.32 Å². The third-order valence-corrected chi connectivity index (χ3v) is 3.93. The molecule has 162 valence electrons. The van der Waals surface area contributed by atoms with Gasteiger partial charge >= 0.3 is 12.1 Å². The van der Waals surface area contributed by atoms with Crippen LogP contribution in [0.3, 0.4) is 0 Å². The van der Waals surface area contributed by atoms with E-state index in [1.165, 1.54) is 13.2 Å². The number of carboxylic acids is 1. The molecular formula is C22H27NO7. The maximum absolute atomic E-state index is 12.0. The summed E-state index contributed by atoms with van der Waals surface area (Å²) in [6.07, 6.45) is 0.361. The lowest BCUT2D eigenvalue weighted by Crippen LogP contribution is -2.27. The van der Waals surface area contributed by atoms with Crippen molar-refractivity contribution in [1.29, 1.82) is 0 Å². The van der Waals surface area contributed by atoms with E-state index >= 15 is 0 Å². The number of benzene rings is 1. The Labute approximate surface area is 175 Å². The number of rotatable bonds is 9. The summed E-state index contributed by atoms with van der Waals surface area (Å²) in [4.78, 5) is 23.6. The monoisotopic (exact) mass is 417 g/mol. The Morgan fingerprint density at radius 1 is 1.17 bits per heavy atom. The largest absolute Gasteiger partial charge is 0.477 e. The highest BCUT2D eigenvalue weighted by molar-refractivity contribution is 5.95. The smallest absolute Gasteiger partial charge is 0.412 e. The highest BCUT2D eigenvalue weighted by Gasteiger charge is 2.24. The molecule has 0 radical (unpaired) electrons. The van der Waals surface area contributed by atoms with Crippen LogP contribution in [0.1, 0.15) is 43.4 Å². The van der Waals surface area contributed by atoms with Gasteiger partial charge in [0, 0.05) is 24.2 Å². The lowest BCUT2D eigenvalue weighted by atomic mass is 9.91. The molecule has 2 aromatic rings. The molecule has 0 spiro atoms. The summed E-state index contributed by atoms with van der Waals surface area (Å²) >= 11 is 0. The fourth-order valence-corrected chi connectivity index (χ4v) is 2.66. The van der Waals surface area contributed by atoms with Crippen LogP contribution in [0.25, 0.3) is 6.08 Å². The normalized spacial score (nSPS) is 11.9. The van der Waals surface area contributed by atoms with Crippen LogP contribution in [0.15, 0.2) is 46.5 Å². The van der Waals surface area contributed by atoms with E-state index in [4.69, 9.17) is 18.6 Å². The van der Waals surface area contributed by atoms with Gasteiger partial charge in [0.2, 0.25) is 0 Å². The van der Waals surface area contributed by atoms with Gasteiger partial charge in [-0.05, 0) is 11.6 Å².